The summed E-state index contributed by atoms with van der Waals surface area (Å²) in [7, 11) is 1.62. The van der Waals surface area contributed by atoms with Crippen LogP contribution in [0, 0.1) is 5.41 Å². The predicted molar refractivity (Wildman–Crippen MR) is 96.2 cm³/mol. The van der Waals surface area contributed by atoms with Gasteiger partial charge in [0.15, 0.2) is 0 Å². The summed E-state index contributed by atoms with van der Waals surface area (Å²) in [6.45, 7) is 2.53. The molecule has 1 aliphatic heterocycles. The number of para-hydroxylation sites is 1. The Hall–Kier alpha value is -2.04. The molecule has 1 aromatic carbocycles. The van der Waals surface area contributed by atoms with Crippen molar-refractivity contribution in [3.8, 4) is 5.75 Å². The lowest BCUT2D eigenvalue weighted by atomic mass is 9.74. The number of likely N-dealkylation sites (tertiary alicyclic amines) is 1. The summed E-state index contributed by atoms with van der Waals surface area (Å²) >= 11 is 0. The van der Waals surface area contributed by atoms with Crippen LogP contribution in [0.25, 0.3) is 0 Å². The Balaban J connectivity index is 1.75. The summed E-state index contributed by atoms with van der Waals surface area (Å²) in [5.74, 6) is 0.785. The van der Waals surface area contributed by atoms with Crippen molar-refractivity contribution in [3.05, 3.63) is 30.3 Å². The van der Waals surface area contributed by atoms with Crippen LogP contribution in [-0.4, -0.2) is 42.5 Å². The minimum atomic E-state index is -0.440. The van der Waals surface area contributed by atoms with E-state index in [4.69, 9.17) is 4.74 Å². The predicted octanol–water partition coefficient (Wildman–Crippen LogP) is 2.75. The first-order chi connectivity index (χ1) is 12.0. The number of carbonyl (C=O) groups excluding carboxylic acids is 2. The second-order valence-corrected chi connectivity index (χ2v) is 7.50. The molecule has 0 unspecified atom stereocenters. The number of ether oxygens (including phenoxy) is 1. The molecule has 5 nitrogen and oxygen atoms in total. The smallest absolute Gasteiger partial charge is 0.242 e. The Labute approximate surface area is 149 Å². The van der Waals surface area contributed by atoms with Crippen molar-refractivity contribution in [1.29, 1.82) is 0 Å². The number of nitrogens with zero attached hydrogens (tertiary/aromatic N) is 1. The van der Waals surface area contributed by atoms with E-state index in [1.165, 1.54) is 6.42 Å². The molecule has 2 amide bonds. The van der Waals surface area contributed by atoms with Gasteiger partial charge in [-0.1, -0.05) is 44.4 Å². The molecule has 1 N–H and O–H groups in total. The lowest BCUT2D eigenvalue weighted by Crippen LogP contribution is -2.50. The maximum atomic E-state index is 13.2. The molecular formula is C20H28N2O3. The molecule has 136 valence electrons. The Kier molecular flexibility index (Phi) is 5.30. The number of carbonyl (C=O) groups is 2. The van der Waals surface area contributed by atoms with Crippen LogP contribution in [0.4, 0.5) is 0 Å². The maximum absolute atomic E-state index is 13.2. The third kappa shape index (κ3) is 3.80. The van der Waals surface area contributed by atoms with Crippen molar-refractivity contribution < 1.29 is 14.3 Å². The van der Waals surface area contributed by atoms with Gasteiger partial charge in [-0.15, -0.1) is 0 Å². The summed E-state index contributed by atoms with van der Waals surface area (Å²) in [5, 5.41) is 2.70. The quantitative estimate of drug-likeness (QED) is 0.914. The number of likely N-dealkylation sites (N-methyl/N-ethyl adjacent to an activating group) is 1. The Bertz CT molecular complexity index is 611. The van der Waals surface area contributed by atoms with E-state index >= 15 is 0 Å². The van der Waals surface area contributed by atoms with Crippen molar-refractivity contribution in [2.45, 2.75) is 57.6 Å². The number of rotatable bonds is 4. The second kappa shape index (κ2) is 7.46. The highest BCUT2D eigenvalue weighted by Gasteiger charge is 2.46. The fraction of sp³-hybridized carbons (Fsp3) is 0.600. The van der Waals surface area contributed by atoms with Gasteiger partial charge in [0.05, 0.1) is 6.54 Å². The molecule has 2 fully saturated rings. The molecule has 1 saturated heterocycles. The Morgan fingerprint density at radius 1 is 1.16 bits per heavy atom. The second-order valence-electron chi connectivity index (χ2n) is 7.50. The van der Waals surface area contributed by atoms with Crippen LogP contribution in [0.1, 0.15) is 45.4 Å². The average Bonchev–Trinajstić information content (AvgIpc) is 3.05. The number of benzene rings is 1. The summed E-state index contributed by atoms with van der Waals surface area (Å²) in [6, 6.07) is 9.15. The van der Waals surface area contributed by atoms with Crippen LogP contribution in [-0.2, 0) is 9.59 Å². The average molecular weight is 344 g/mol. The van der Waals surface area contributed by atoms with E-state index < -0.39 is 6.04 Å². The minimum absolute atomic E-state index is 0.105. The third-order valence-corrected chi connectivity index (χ3v) is 5.59. The number of amides is 2. The van der Waals surface area contributed by atoms with Gasteiger partial charge in [0.2, 0.25) is 11.8 Å². The van der Waals surface area contributed by atoms with E-state index in [1.807, 2.05) is 30.3 Å². The van der Waals surface area contributed by atoms with Gasteiger partial charge in [0, 0.05) is 18.9 Å². The standard InChI is InChI=1S/C20H28N2O3/c1-20(11-7-4-8-12-20)19(24)22-14-16(13-17(22)18(23)21-2)25-15-9-5-3-6-10-15/h3,5-6,9-10,16-17H,4,7-8,11-14H2,1-2H3,(H,21,23)/t16-,17-/m0/s1. The summed E-state index contributed by atoms with van der Waals surface area (Å²) in [4.78, 5) is 27.4. The normalized spacial score (nSPS) is 25.4. The molecule has 25 heavy (non-hydrogen) atoms. The molecule has 1 saturated carbocycles. The highest BCUT2D eigenvalue weighted by molar-refractivity contribution is 5.90. The largest absolute Gasteiger partial charge is 0.488 e. The highest BCUT2D eigenvalue weighted by Crippen LogP contribution is 2.39. The Morgan fingerprint density at radius 2 is 1.84 bits per heavy atom. The zero-order valence-corrected chi connectivity index (χ0v) is 15.2. The number of hydrogen-bond acceptors (Lipinski definition) is 3. The summed E-state index contributed by atoms with van der Waals surface area (Å²) in [5.41, 5.74) is -0.341. The van der Waals surface area contributed by atoms with E-state index in [0.29, 0.717) is 13.0 Å². The molecule has 0 bridgehead atoms. The molecule has 1 heterocycles. The molecule has 2 aliphatic rings. The SMILES string of the molecule is CNC(=O)[C@@H]1C[C@H](Oc2ccccc2)CN1C(=O)C1(C)CCCCC1. The maximum Gasteiger partial charge on any atom is 0.242 e. The lowest BCUT2D eigenvalue weighted by Gasteiger charge is -2.37. The van der Waals surface area contributed by atoms with Gasteiger partial charge in [-0.05, 0) is 25.0 Å². The van der Waals surface area contributed by atoms with Crippen LogP contribution in [0.5, 0.6) is 5.75 Å². The molecule has 5 heteroatoms. The van der Waals surface area contributed by atoms with Gasteiger partial charge in [0.25, 0.3) is 0 Å². The van der Waals surface area contributed by atoms with Crippen LogP contribution >= 0.6 is 0 Å². The summed E-state index contributed by atoms with van der Waals surface area (Å²) < 4.78 is 6.03. The number of hydrogen-bond donors (Lipinski definition) is 1. The van der Waals surface area contributed by atoms with Gasteiger partial charge < -0.3 is 15.0 Å². The number of nitrogens with one attached hydrogen (secondary N) is 1. The molecule has 3 rings (SSSR count). The molecule has 1 aromatic rings. The van der Waals surface area contributed by atoms with E-state index in [0.717, 1.165) is 31.4 Å². The van der Waals surface area contributed by atoms with Gasteiger partial charge in [0.1, 0.15) is 17.9 Å². The fourth-order valence-corrected chi connectivity index (χ4v) is 4.11. The summed E-state index contributed by atoms with van der Waals surface area (Å²) in [6.07, 6.45) is 5.58. The molecule has 0 aromatic heterocycles. The van der Waals surface area contributed by atoms with Crippen LogP contribution in [0.15, 0.2) is 30.3 Å². The van der Waals surface area contributed by atoms with Crippen molar-refractivity contribution >= 4 is 11.8 Å². The molecule has 0 spiro atoms. The first kappa shape index (κ1) is 17.8. The van der Waals surface area contributed by atoms with E-state index in [9.17, 15) is 9.59 Å². The minimum Gasteiger partial charge on any atom is -0.488 e. The highest BCUT2D eigenvalue weighted by atomic mass is 16.5. The first-order valence-corrected chi connectivity index (χ1v) is 9.28. The van der Waals surface area contributed by atoms with Gasteiger partial charge >= 0.3 is 0 Å². The third-order valence-electron chi connectivity index (χ3n) is 5.59. The molecule has 1 aliphatic carbocycles. The monoisotopic (exact) mass is 344 g/mol. The van der Waals surface area contributed by atoms with E-state index in [2.05, 4.69) is 12.2 Å². The van der Waals surface area contributed by atoms with Crippen molar-refractivity contribution in [1.82, 2.24) is 10.2 Å². The molecular weight excluding hydrogens is 316 g/mol. The van der Waals surface area contributed by atoms with Gasteiger partial charge in [-0.3, -0.25) is 9.59 Å². The molecule has 2 atom stereocenters. The van der Waals surface area contributed by atoms with E-state index in [1.54, 1.807) is 11.9 Å². The van der Waals surface area contributed by atoms with Crippen molar-refractivity contribution in [2.75, 3.05) is 13.6 Å². The first-order valence-electron chi connectivity index (χ1n) is 9.28. The lowest BCUT2D eigenvalue weighted by molar-refractivity contribution is -0.147. The van der Waals surface area contributed by atoms with Gasteiger partial charge in [-0.25, -0.2) is 0 Å². The van der Waals surface area contributed by atoms with Crippen LogP contribution in [0.3, 0.4) is 0 Å². The van der Waals surface area contributed by atoms with Crippen LogP contribution in [0.2, 0.25) is 0 Å². The topological polar surface area (TPSA) is 58.6 Å². The van der Waals surface area contributed by atoms with Crippen LogP contribution < -0.4 is 10.1 Å². The molecule has 0 radical (unpaired) electrons. The van der Waals surface area contributed by atoms with Gasteiger partial charge in [-0.2, -0.15) is 0 Å². The zero-order valence-electron chi connectivity index (χ0n) is 15.2. The fourth-order valence-electron chi connectivity index (χ4n) is 4.11. The Morgan fingerprint density at radius 3 is 2.48 bits per heavy atom. The van der Waals surface area contributed by atoms with Crippen molar-refractivity contribution in [3.63, 3.8) is 0 Å². The van der Waals surface area contributed by atoms with Crippen molar-refractivity contribution in [2.24, 2.45) is 5.41 Å². The zero-order chi connectivity index (χ0) is 17.9. The van der Waals surface area contributed by atoms with E-state index in [-0.39, 0.29) is 23.3 Å².